The van der Waals surface area contributed by atoms with E-state index in [1.807, 2.05) is 13.8 Å². The van der Waals surface area contributed by atoms with Gasteiger partial charge in [-0.05, 0) is 26.2 Å². The summed E-state index contributed by atoms with van der Waals surface area (Å²) in [6.07, 6.45) is -0.973. The molecule has 0 aromatic heterocycles. The number of methoxy groups -OCH3 is 1. The van der Waals surface area contributed by atoms with Gasteiger partial charge in [-0.3, -0.25) is 4.79 Å². The Morgan fingerprint density at radius 1 is 1.36 bits per heavy atom. The number of carbonyl (C=O) groups excluding carboxylic acids is 2. The summed E-state index contributed by atoms with van der Waals surface area (Å²) in [7, 11) is 1.36. The van der Waals surface area contributed by atoms with Crippen LogP contribution in [0.1, 0.15) is 34.1 Å². The van der Waals surface area contributed by atoms with Gasteiger partial charge in [0, 0.05) is 6.54 Å². The predicted molar refractivity (Wildman–Crippen MR) is 77.0 cm³/mol. The summed E-state index contributed by atoms with van der Waals surface area (Å²) in [5.41, 5.74) is 0. The molecule has 126 valence electrons. The Morgan fingerprint density at radius 2 is 2.05 bits per heavy atom. The zero-order valence-corrected chi connectivity index (χ0v) is 13.8. The summed E-state index contributed by atoms with van der Waals surface area (Å²) >= 11 is 0. The Kier molecular flexibility index (Phi) is 5.09. The zero-order valence-electron chi connectivity index (χ0n) is 13.8. The van der Waals surface area contributed by atoms with Crippen molar-refractivity contribution in [2.24, 2.45) is 5.92 Å². The van der Waals surface area contributed by atoms with Crippen LogP contribution in [-0.4, -0.2) is 55.7 Å². The number of nitrogens with one attached hydrogen (secondary N) is 1. The molecule has 0 aromatic rings. The van der Waals surface area contributed by atoms with Crippen LogP contribution in [0.25, 0.3) is 0 Å². The van der Waals surface area contributed by atoms with E-state index >= 15 is 0 Å². The molecule has 2 saturated heterocycles. The van der Waals surface area contributed by atoms with Gasteiger partial charge < -0.3 is 24.3 Å². The first-order valence-electron chi connectivity index (χ1n) is 7.61. The first kappa shape index (κ1) is 17.2. The maximum atomic E-state index is 11.8. The van der Waals surface area contributed by atoms with Crippen LogP contribution in [-0.2, 0) is 28.5 Å². The molecule has 22 heavy (non-hydrogen) atoms. The van der Waals surface area contributed by atoms with E-state index in [1.54, 1.807) is 13.8 Å². The van der Waals surface area contributed by atoms with E-state index in [0.717, 1.165) is 0 Å². The molecule has 7 heteroatoms. The van der Waals surface area contributed by atoms with E-state index in [1.165, 1.54) is 7.11 Å². The molecule has 0 saturated carbocycles. The highest BCUT2D eigenvalue weighted by atomic mass is 16.8. The number of hydrogen-bond donors (Lipinski definition) is 1. The SMILES string of the molecule is COC(=O)[C@H](CC(C)C)NC[C@H]1OC(=O)[C@@H]2OC(C)(C)O[C@H]12. The fourth-order valence-corrected chi connectivity index (χ4v) is 2.82. The van der Waals surface area contributed by atoms with Crippen LogP contribution < -0.4 is 5.32 Å². The third kappa shape index (κ3) is 3.77. The third-order valence-corrected chi connectivity index (χ3v) is 3.75. The van der Waals surface area contributed by atoms with E-state index < -0.39 is 36.1 Å². The van der Waals surface area contributed by atoms with Crippen molar-refractivity contribution in [1.29, 1.82) is 0 Å². The summed E-state index contributed by atoms with van der Waals surface area (Å²) in [6, 6.07) is -0.432. The van der Waals surface area contributed by atoms with Gasteiger partial charge in [0.2, 0.25) is 0 Å². The van der Waals surface area contributed by atoms with Crippen LogP contribution in [0, 0.1) is 5.92 Å². The third-order valence-electron chi connectivity index (χ3n) is 3.75. The minimum atomic E-state index is -0.799. The van der Waals surface area contributed by atoms with Crippen molar-refractivity contribution >= 4 is 11.9 Å². The fourth-order valence-electron chi connectivity index (χ4n) is 2.82. The van der Waals surface area contributed by atoms with E-state index in [0.29, 0.717) is 18.9 Å². The second kappa shape index (κ2) is 6.52. The molecule has 0 aromatic carbocycles. The van der Waals surface area contributed by atoms with Crippen LogP contribution in [0.2, 0.25) is 0 Å². The lowest BCUT2D eigenvalue weighted by molar-refractivity contribution is -0.186. The highest BCUT2D eigenvalue weighted by molar-refractivity contribution is 5.78. The van der Waals surface area contributed by atoms with Crippen LogP contribution in [0.3, 0.4) is 0 Å². The molecule has 0 amide bonds. The van der Waals surface area contributed by atoms with Gasteiger partial charge in [0.25, 0.3) is 0 Å². The molecule has 2 aliphatic rings. The largest absolute Gasteiger partial charge is 0.468 e. The fraction of sp³-hybridized carbons (Fsp3) is 0.867. The quantitative estimate of drug-likeness (QED) is 0.719. The maximum absolute atomic E-state index is 11.8. The van der Waals surface area contributed by atoms with Gasteiger partial charge in [-0.15, -0.1) is 0 Å². The molecule has 0 aliphatic carbocycles. The van der Waals surface area contributed by atoms with Gasteiger partial charge >= 0.3 is 11.9 Å². The Labute approximate surface area is 130 Å². The average Bonchev–Trinajstić information content (AvgIpc) is 2.88. The van der Waals surface area contributed by atoms with Crippen LogP contribution in [0.15, 0.2) is 0 Å². The van der Waals surface area contributed by atoms with Crippen LogP contribution in [0.5, 0.6) is 0 Å². The monoisotopic (exact) mass is 315 g/mol. The molecule has 0 spiro atoms. The molecular weight excluding hydrogens is 290 g/mol. The molecule has 0 unspecified atom stereocenters. The first-order chi connectivity index (χ1) is 10.2. The lowest BCUT2D eigenvalue weighted by atomic mass is 10.0. The number of rotatable bonds is 6. The summed E-state index contributed by atoms with van der Waals surface area (Å²) in [5, 5.41) is 3.12. The molecule has 2 heterocycles. The summed E-state index contributed by atoms with van der Waals surface area (Å²) in [5.74, 6) is -1.20. The highest BCUT2D eigenvalue weighted by Gasteiger charge is 2.55. The lowest BCUT2D eigenvalue weighted by Gasteiger charge is -2.24. The van der Waals surface area contributed by atoms with Gasteiger partial charge in [0.15, 0.2) is 11.9 Å². The number of cyclic esters (lactones) is 1. The minimum Gasteiger partial charge on any atom is -0.468 e. The van der Waals surface area contributed by atoms with Crippen molar-refractivity contribution in [1.82, 2.24) is 5.32 Å². The van der Waals surface area contributed by atoms with Crippen molar-refractivity contribution in [2.75, 3.05) is 13.7 Å². The second-order valence-electron chi connectivity index (χ2n) is 6.61. The normalized spacial score (nSPS) is 31.0. The molecule has 2 aliphatic heterocycles. The maximum Gasteiger partial charge on any atom is 0.338 e. The smallest absolute Gasteiger partial charge is 0.338 e. The zero-order chi connectivity index (χ0) is 16.5. The predicted octanol–water partition coefficient (Wildman–Crippen LogP) is 0.609. The minimum absolute atomic E-state index is 0.318. The van der Waals surface area contributed by atoms with Crippen molar-refractivity contribution in [3.05, 3.63) is 0 Å². The lowest BCUT2D eigenvalue weighted by Crippen LogP contribution is -2.45. The number of esters is 2. The number of hydrogen-bond acceptors (Lipinski definition) is 7. The molecule has 0 radical (unpaired) electrons. The van der Waals surface area contributed by atoms with E-state index in [4.69, 9.17) is 18.9 Å². The van der Waals surface area contributed by atoms with E-state index in [2.05, 4.69) is 5.32 Å². The summed E-state index contributed by atoms with van der Waals surface area (Å²) in [4.78, 5) is 23.6. The van der Waals surface area contributed by atoms with Gasteiger partial charge in [0.05, 0.1) is 7.11 Å². The van der Waals surface area contributed by atoms with Crippen molar-refractivity contribution in [3.63, 3.8) is 0 Å². The van der Waals surface area contributed by atoms with Gasteiger partial charge in [-0.1, -0.05) is 13.8 Å². The van der Waals surface area contributed by atoms with Gasteiger partial charge in [-0.25, -0.2) is 4.79 Å². The Balaban J connectivity index is 1.95. The molecular formula is C15H25NO6. The van der Waals surface area contributed by atoms with Crippen LogP contribution in [0.4, 0.5) is 0 Å². The summed E-state index contributed by atoms with van der Waals surface area (Å²) < 4.78 is 21.4. The van der Waals surface area contributed by atoms with Crippen molar-refractivity contribution < 1.29 is 28.5 Å². The van der Waals surface area contributed by atoms with Gasteiger partial charge in [0.1, 0.15) is 18.2 Å². The molecule has 0 bridgehead atoms. The number of ether oxygens (including phenoxy) is 4. The van der Waals surface area contributed by atoms with E-state index in [9.17, 15) is 9.59 Å². The topological polar surface area (TPSA) is 83.1 Å². The molecule has 1 N–H and O–H groups in total. The number of fused-ring (bicyclic) bond motifs is 1. The summed E-state index contributed by atoms with van der Waals surface area (Å²) in [6.45, 7) is 7.90. The van der Waals surface area contributed by atoms with Crippen molar-refractivity contribution in [3.8, 4) is 0 Å². The Bertz CT molecular complexity index is 436. The van der Waals surface area contributed by atoms with E-state index in [-0.39, 0.29) is 5.97 Å². The second-order valence-corrected chi connectivity index (χ2v) is 6.61. The molecule has 2 fully saturated rings. The molecule has 2 rings (SSSR count). The standard InChI is InChI=1S/C15H25NO6/c1-8(2)6-9(13(17)19-5)16-7-10-11-12(14(18)20-10)22-15(3,4)21-11/h8-12,16H,6-7H2,1-5H3/t9-,10+,11+,12+/m0/s1. The number of carbonyl (C=O) groups is 2. The van der Waals surface area contributed by atoms with Gasteiger partial charge in [-0.2, -0.15) is 0 Å². The Hall–Kier alpha value is -1.18. The first-order valence-corrected chi connectivity index (χ1v) is 7.61. The molecule has 4 atom stereocenters. The van der Waals surface area contributed by atoms with Crippen LogP contribution >= 0.6 is 0 Å². The highest BCUT2D eigenvalue weighted by Crippen LogP contribution is 2.35. The van der Waals surface area contributed by atoms with Crippen molar-refractivity contribution in [2.45, 2.75) is 64.3 Å². The Morgan fingerprint density at radius 3 is 2.64 bits per heavy atom. The molecule has 7 nitrogen and oxygen atoms in total. The average molecular weight is 315 g/mol.